The van der Waals surface area contributed by atoms with Crippen LogP contribution in [0.3, 0.4) is 0 Å². The number of ether oxygens (including phenoxy) is 3. The molecule has 0 saturated carbocycles. The van der Waals surface area contributed by atoms with Crippen molar-refractivity contribution in [2.45, 2.75) is 110 Å². The quantitative estimate of drug-likeness (QED) is 0.0417. The molecule has 0 aliphatic rings. The predicted molar refractivity (Wildman–Crippen MR) is 293 cm³/mol. The summed E-state index contributed by atoms with van der Waals surface area (Å²) in [4.78, 5) is 17.2. The number of hydrogen-bond acceptors (Lipinski definition) is 8. The van der Waals surface area contributed by atoms with Crippen LogP contribution in [0.1, 0.15) is 74.4 Å². The Morgan fingerprint density at radius 2 is 1.33 bits per heavy atom. The summed E-state index contributed by atoms with van der Waals surface area (Å²) in [7, 11) is -0.834. The Kier molecular flexibility index (Phi) is 19.9. The fourth-order valence-corrected chi connectivity index (χ4v) is 14.0. The van der Waals surface area contributed by atoms with Crippen LogP contribution >= 0.6 is 0 Å². The fraction of sp³-hybridized carbons (Fsp3) is 0.491. The van der Waals surface area contributed by atoms with E-state index in [0.29, 0.717) is 67.6 Å². The second-order valence-electron chi connectivity index (χ2n) is 22.2. The minimum atomic E-state index is -4.51. The first kappa shape index (κ1) is 57.8. The van der Waals surface area contributed by atoms with Gasteiger partial charge in [0.2, 0.25) is 8.32 Å². The van der Waals surface area contributed by atoms with Crippen molar-refractivity contribution in [2.24, 2.45) is 5.92 Å². The summed E-state index contributed by atoms with van der Waals surface area (Å²) < 4.78 is 75.2. The van der Waals surface area contributed by atoms with E-state index in [0.717, 1.165) is 13.0 Å². The van der Waals surface area contributed by atoms with Gasteiger partial charge in [-0.2, -0.15) is 13.2 Å². The number of halogens is 3. The lowest BCUT2D eigenvalue weighted by Gasteiger charge is -2.43. The lowest BCUT2D eigenvalue weighted by atomic mass is 10.1. The maximum atomic E-state index is 14.2. The zero-order chi connectivity index (χ0) is 53.0. The van der Waals surface area contributed by atoms with Gasteiger partial charge in [0.25, 0.3) is 8.32 Å². The molecule has 0 fully saturated rings. The number of fused-ring (bicyclic) bond motifs is 1. The van der Waals surface area contributed by atoms with E-state index in [2.05, 4.69) is 125 Å². The summed E-state index contributed by atoms with van der Waals surface area (Å²) in [5, 5.41) is 6.43. The normalized spacial score (nSPS) is 13.2. The molecule has 0 saturated heterocycles. The van der Waals surface area contributed by atoms with E-state index in [1.165, 1.54) is 19.8 Å². The minimum absolute atomic E-state index is 0.0594. The van der Waals surface area contributed by atoms with Crippen LogP contribution < -0.4 is 25.0 Å². The molecular formula is C57H79F3N4O6Si2. The molecule has 1 unspecified atom stereocenters. The standard InChI is InChI=1S/C57H79F3N4O6Si2/c1-54(2,3)69-53(65)63(45-23-20-25-47(39-45)70-71(12,13)55(4,5)6)33-22-24-46-40-50-51(30-21-31-52(50)64(46)43-57(58,59)60)61-41-44(42-62(10)11)32-34-66-35-36-67-37-38-68-72(56(7,8)9,48-26-16-14-17-27-48)49-28-18-15-19-29-49/h14-21,23,25-31,39-40,44,61H,32-38,41-43H2,1-13H3. The second-order valence-corrected chi connectivity index (χ2v) is 31.3. The van der Waals surface area contributed by atoms with Crippen LogP contribution in [0.4, 0.5) is 29.3 Å². The molecule has 4 aromatic carbocycles. The Labute approximate surface area is 429 Å². The molecule has 0 aliphatic heterocycles. The van der Waals surface area contributed by atoms with Crippen molar-refractivity contribution >= 4 is 55.4 Å². The van der Waals surface area contributed by atoms with Gasteiger partial charge in [0.15, 0.2) is 0 Å². The molecule has 0 bridgehead atoms. The summed E-state index contributed by atoms with van der Waals surface area (Å²) >= 11 is 0. The molecule has 1 aromatic heterocycles. The first-order chi connectivity index (χ1) is 33.7. The summed E-state index contributed by atoms with van der Waals surface area (Å²) in [6, 6.07) is 35.3. The van der Waals surface area contributed by atoms with Crippen molar-refractivity contribution in [1.29, 1.82) is 0 Å². The van der Waals surface area contributed by atoms with Gasteiger partial charge >= 0.3 is 12.3 Å². The monoisotopic (exact) mass is 1030 g/mol. The smallest absolute Gasteiger partial charge is 0.415 e. The van der Waals surface area contributed by atoms with Gasteiger partial charge in [0, 0.05) is 36.8 Å². The SMILES string of the molecule is CN(C)CC(CCOCCOCCO[Si](c1ccccc1)(c1ccccc1)C(C)(C)C)CNc1cccc2c1cc(C#CCN(C(=O)OC(C)(C)C)c1cccc(O[Si](C)(C)C(C)(C)C)c1)n2CC(F)(F)F. The molecular weight excluding hydrogens is 950 g/mol. The molecule has 15 heteroatoms. The third-order valence-electron chi connectivity index (χ3n) is 12.9. The number of anilines is 2. The zero-order valence-electron chi connectivity index (χ0n) is 45.0. The number of rotatable bonds is 22. The third-order valence-corrected chi connectivity index (χ3v) is 22.3. The summed E-state index contributed by atoms with van der Waals surface area (Å²) in [5.41, 5.74) is 0.954. The van der Waals surface area contributed by atoms with E-state index in [1.54, 1.807) is 57.2 Å². The molecule has 72 heavy (non-hydrogen) atoms. The largest absolute Gasteiger partial charge is 0.543 e. The number of carbonyl (C=O) groups excluding carboxylic acids is 1. The van der Waals surface area contributed by atoms with E-state index in [9.17, 15) is 18.0 Å². The molecule has 0 radical (unpaired) electrons. The van der Waals surface area contributed by atoms with Crippen LogP contribution in [-0.2, 0) is 25.2 Å². The van der Waals surface area contributed by atoms with Gasteiger partial charge in [-0.25, -0.2) is 4.79 Å². The van der Waals surface area contributed by atoms with Crippen molar-refractivity contribution in [1.82, 2.24) is 9.47 Å². The van der Waals surface area contributed by atoms with E-state index in [4.69, 9.17) is 23.1 Å². The van der Waals surface area contributed by atoms with Crippen molar-refractivity contribution in [2.75, 3.05) is 77.0 Å². The zero-order valence-corrected chi connectivity index (χ0v) is 47.0. The van der Waals surface area contributed by atoms with E-state index >= 15 is 0 Å². The number of carbonyl (C=O) groups is 1. The number of amides is 1. The Hall–Kier alpha value is -5.09. The molecule has 1 heterocycles. The minimum Gasteiger partial charge on any atom is -0.543 e. The Morgan fingerprint density at radius 1 is 0.736 bits per heavy atom. The molecule has 0 spiro atoms. The van der Waals surface area contributed by atoms with Crippen molar-refractivity contribution in [3.8, 4) is 17.6 Å². The fourth-order valence-electron chi connectivity index (χ4n) is 8.46. The van der Waals surface area contributed by atoms with Crippen LogP contribution in [0.25, 0.3) is 10.9 Å². The summed E-state index contributed by atoms with van der Waals surface area (Å²) in [6.07, 6.45) is -4.40. The number of nitrogens with one attached hydrogen (secondary N) is 1. The number of benzene rings is 4. The van der Waals surface area contributed by atoms with Gasteiger partial charge < -0.3 is 37.8 Å². The van der Waals surface area contributed by atoms with Gasteiger partial charge in [-0.1, -0.05) is 120 Å². The Bertz CT molecular complexity index is 2520. The average molecular weight is 1030 g/mol. The van der Waals surface area contributed by atoms with Crippen LogP contribution in [0.15, 0.2) is 109 Å². The van der Waals surface area contributed by atoms with E-state index in [-0.39, 0.29) is 28.2 Å². The maximum Gasteiger partial charge on any atom is 0.415 e. The first-order valence-electron chi connectivity index (χ1n) is 25.0. The lowest BCUT2D eigenvalue weighted by Crippen LogP contribution is -2.66. The molecule has 10 nitrogen and oxygen atoms in total. The second kappa shape index (κ2) is 24.8. The summed E-state index contributed by atoms with van der Waals surface area (Å²) in [6.45, 7) is 25.1. The number of aromatic nitrogens is 1. The molecule has 1 amide bonds. The molecule has 5 aromatic rings. The topological polar surface area (TPSA) is 86.7 Å². The molecule has 1 N–H and O–H groups in total. The van der Waals surface area contributed by atoms with Gasteiger partial charge in [0.1, 0.15) is 17.9 Å². The molecule has 5 rings (SSSR count). The highest BCUT2D eigenvalue weighted by atomic mass is 28.4. The highest BCUT2D eigenvalue weighted by Crippen LogP contribution is 2.39. The number of hydrogen-bond donors (Lipinski definition) is 1. The lowest BCUT2D eigenvalue weighted by molar-refractivity contribution is -0.140. The Morgan fingerprint density at radius 3 is 1.90 bits per heavy atom. The Balaban J connectivity index is 1.24. The highest BCUT2D eigenvalue weighted by Gasteiger charge is 2.50. The van der Waals surface area contributed by atoms with Gasteiger partial charge in [-0.05, 0) is 117 Å². The number of nitrogens with zero attached hydrogens (tertiary/aromatic N) is 3. The molecule has 392 valence electrons. The molecule has 0 aliphatic carbocycles. The van der Waals surface area contributed by atoms with Crippen molar-refractivity contribution in [3.63, 3.8) is 0 Å². The van der Waals surface area contributed by atoms with E-state index in [1.807, 2.05) is 38.4 Å². The summed E-state index contributed by atoms with van der Waals surface area (Å²) in [5.74, 6) is 6.77. The maximum absolute atomic E-state index is 14.2. The van der Waals surface area contributed by atoms with Crippen LogP contribution in [0.5, 0.6) is 5.75 Å². The first-order valence-corrected chi connectivity index (χ1v) is 29.8. The average Bonchev–Trinajstić information content (AvgIpc) is 3.62. The van der Waals surface area contributed by atoms with Crippen molar-refractivity contribution in [3.05, 3.63) is 115 Å². The van der Waals surface area contributed by atoms with Gasteiger partial charge in [0.05, 0.1) is 49.9 Å². The van der Waals surface area contributed by atoms with Crippen LogP contribution in [0.2, 0.25) is 23.2 Å². The van der Waals surface area contributed by atoms with Crippen molar-refractivity contribution < 1.29 is 41.0 Å². The molecule has 1 atom stereocenters. The predicted octanol–water partition coefficient (Wildman–Crippen LogP) is 12.0. The number of alkyl halides is 3. The van der Waals surface area contributed by atoms with Crippen LogP contribution in [-0.4, -0.2) is 111 Å². The highest BCUT2D eigenvalue weighted by molar-refractivity contribution is 6.99. The van der Waals surface area contributed by atoms with Crippen LogP contribution in [0, 0.1) is 17.8 Å². The van der Waals surface area contributed by atoms with E-state index < -0.39 is 41.1 Å². The van der Waals surface area contributed by atoms with Gasteiger partial charge in [-0.3, -0.25) is 4.90 Å². The van der Waals surface area contributed by atoms with Gasteiger partial charge in [-0.15, -0.1) is 0 Å². The third kappa shape index (κ3) is 16.2.